The number of hydrogen-bond donors (Lipinski definition) is 0. The molecule has 27 heavy (non-hydrogen) atoms. The lowest BCUT2D eigenvalue weighted by Gasteiger charge is -2.00. The standard InChI is InChI=1S/C22H18IN2O.BrH/c23-19-12-10-18(11-13-19)22(26)15-25-16-24(14-17-6-2-1-3-7-17)20-8-4-5-9-21(20)25;/h1-13,16H,14-15H2;1H/q+1;/p-1. The van der Waals surface area contributed by atoms with E-state index in [0.29, 0.717) is 6.54 Å². The molecule has 3 aromatic carbocycles. The second-order valence-electron chi connectivity index (χ2n) is 6.28. The molecular weight excluding hydrogens is 515 g/mol. The number of carbonyl (C=O) groups is 1. The van der Waals surface area contributed by atoms with Crippen LogP contribution in [0.3, 0.4) is 0 Å². The number of fused-ring (bicyclic) bond motifs is 1. The van der Waals surface area contributed by atoms with Gasteiger partial charge in [-0.15, -0.1) is 0 Å². The van der Waals surface area contributed by atoms with E-state index in [9.17, 15) is 4.79 Å². The number of hydrogen-bond acceptors (Lipinski definition) is 1. The van der Waals surface area contributed by atoms with Gasteiger partial charge in [-0.2, -0.15) is 0 Å². The zero-order valence-corrected chi connectivity index (χ0v) is 18.3. The molecule has 0 saturated heterocycles. The number of benzene rings is 3. The zero-order chi connectivity index (χ0) is 17.9. The van der Waals surface area contributed by atoms with Gasteiger partial charge in [-0.1, -0.05) is 54.6 Å². The van der Waals surface area contributed by atoms with Crippen molar-refractivity contribution in [2.45, 2.75) is 13.1 Å². The van der Waals surface area contributed by atoms with E-state index in [-0.39, 0.29) is 22.8 Å². The van der Waals surface area contributed by atoms with Gasteiger partial charge in [-0.3, -0.25) is 4.79 Å². The summed E-state index contributed by atoms with van der Waals surface area (Å²) in [6.45, 7) is 1.12. The molecule has 0 atom stereocenters. The number of Topliss-reactive ketones (excluding diaryl/α,β-unsaturated/α-hetero) is 1. The van der Waals surface area contributed by atoms with Crippen molar-refractivity contribution in [3.05, 3.63) is 99.9 Å². The molecule has 0 aliphatic rings. The summed E-state index contributed by atoms with van der Waals surface area (Å²) in [7, 11) is 0. The molecule has 0 amide bonds. The van der Waals surface area contributed by atoms with Crippen LogP contribution >= 0.6 is 22.6 Å². The smallest absolute Gasteiger partial charge is 0.245 e. The highest BCUT2D eigenvalue weighted by Crippen LogP contribution is 2.14. The van der Waals surface area contributed by atoms with E-state index in [2.05, 4.69) is 63.6 Å². The van der Waals surface area contributed by atoms with Gasteiger partial charge < -0.3 is 17.0 Å². The van der Waals surface area contributed by atoms with E-state index in [1.807, 2.05) is 53.4 Å². The van der Waals surface area contributed by atoms with Gasteiger partial charge in [0.05, 0.1) is 0 Å². The molecule has 0 radical (unpaired) electrons. The van der Waals surface area contributed by atoms with E-state index < -0.39 is 0 Å². The maximum absolute atomic E-state index is 12.7. The van der Waals surface area contributed by atoms with Crippen molar-refractivity contribution in [3.8, 4) is 0 Å². The van der Waals surface area contributed by atoms with E-state index in [1.54, 1.807) is 0 Å². The van der Waals surface area contributed by atoms with Crippen LogP contribution in [0.25, 0.3) is 11.0 Å². The minimum absolute atomic E-state index is 0. The fraction of sp³-hybridized carbons (Fsp3) is 0.0909. The fourth-order valence-corrected chi connectivity index (χ4v) is 3.52. The highest BCUT2D eigenvalue weighted by Gasteiger charge is 2.18. The zero-order valence-electron chi connectivity index (χ0n) is 14.6. The van der Waals surface area contributed by atoms with Crippen LogP contribution in [-0.4, -0.2) is 10.4 Å². The quantitative estimate of drug-likeness (QED) is 0.217. The second-order valence-corrected chi connectivity index (χ2v) is 7.52. The van der Waals surface area contributed by atoms with Gasteiger partial charge in [0.1, 0.15) is 6.54 Å². The Morgan fingerprint density at radius 2 is 1.56 bits per heavy atom. The van der Waals surface area contributed by atoms with Crippen molar-refractivity contribution < 1.29 is 26.3 Å². The predicted octanol–water partition coefficient (Wildman–Crippen LogP) is 1.47. The molecule has 4 aromatic rings. The van der Waals surface area contributed by atoms with Crippen molar-refractivity contribution in [1.82, 2.24) is 4.57 Å². The van der Waals surface area contributed by atoms with E-state index in [1.165, 1.54) is 5.56 Å². The highest BCUT2D eigenvalue weighted by molar-refractivity contribution is 14.1. The average molecular weight is 533 g/mol. The fourth-order valence-electron chi connectivity index (χ4n) is 3.16. The molecule has 1 heterocycles. The number of nitrogens with zero attached hydrogens (tertiary/aromatic N) is 2. The summed E-state index contributed by atoms with van der Waals surface area (Å²) in [6.07, 6.45) is 2.04. The maximum atomic E-state index is 12.7. The Hall–Kier alpha value is -1.99. The Labute approximate surface area is 182 Å². The maximum Gasteiger partial charge on any atom is 0.245 e. The van der Waals surface area contributed by atoms with Crippen LogP contribution in [0.2, 0.25) is 0 Å². The van der Waals surface area contributed by atoms with Crippen LogP contribution in [0, 0.1) is 3.57 Å². The predicted molar refractivity (Wildman–Crippen MR) is 111 cm³/mol. The van der Waals surface area contributed by atoms with Crippen LogP contribution in [0.4, 0.5) is 0 Å². The van der Waals surface area contributed by atoms with Gasteiger partial charge >= 0.3 is 0 Å². The first-order valence-electron chi connectivity index (χ1n) is 8.51. The number of para-hydroxylation sites is 2. The van der Waals surface area contributed by atoms with E-state index >= 15 is 0 Å². The van der Waals surface area contributed by atoms with Crippen molar-refractivity contribution in [2.24, 2.45) is 0 Å². The summed E-state index contributed by atoms with van der Waals surface area (Å²) in [4.78, 5) is 12.7. The summed E-state index contributed by atoms with van der Waals surface area (Å²) in [5.41, 5.74) is 4.19. The van der Waals surface area contributed by atoms with Crippen LogP contribution < -0.4 is 21.5 Å². The summed E-state index contributed by atoms with van der Waals surface area (Å²) < 4.78 is 5.37. The number of carbonyl (C=O) groups excluding carboxylic acids is 1. The number of ketones is 1. The summed E-state index contributed by atoms with van der Waals surface area (Å²) in [5.74, 6) is 0.119. The summed E-state index contributed by atoms with van der Waals surface area (Å²) in [6, 6.07) is 26.3. The lowest BCUT2D eigenvalue weighted by Crippen LogP contribution is -3.00. The molecule has 0 bridgehead atoms. The topological polar surface area (TPSA) is 25.9 Å². The first kappa shape index (κ1) is 19.8. The van der Waals surface area contributed by atoms with Crippen LogP contribution in [0.1, 0.15) is 15.9 Å². The average Bonchev–Trinajstić information content (AvgIpc) is 3.01. The van der Waals surface area contributed by atoms with Crippen molar-refractivity contribution in [1.29, 1.82) is 0 Å². The van der Waals surface area contributed by atoms with Gasteiger partial charge in [-0.05, 0) is 52.4 Å². The van der Waals surface area contributed by atoms with Crippen LogP contribution in [-0.2, 0) is 13.1 Å². The number of aromatic nitrogens is 2. The van der Waals surface area contributed by atoms with Gasteiger partial charge in [0.25, 0.3) is 0 Å². The molecule has 0 spiro atoms. The molecule has 0 N–H and O–H groups in total. The number of imidazole rings is 1. The van der Waals surface area contributed by atoms with E-state index in [0.717, 1.165) is 26.7 Å². The third-order valence-corrected chi connectivity index (χ3v) is 5.17. The lowest BCUT2D eigenvalue weighted by atomic mass is 10.1. The SMILES string of the molecule is O=C(Cn1c[n+](Cc2ccccc2)c2ccccc21)c1ccc(I)cc1.[Br-]. The molecule has 0 aliphatic heterocycles. The second kappa shape index (κ2) is 8.80. The Kier molecular flexibility index (Phi) is 6.44. The Morgan fingerprint density at radius 1 is 0.889 bits per heavy atom. The van der Waals surface area contributed by atoms with Crippen LogP contribution in [0.15, 0.2) is 85.2 Å². The van der Waals surface area contributed by atoms with Gasteiger partial charge in [0.15, 0.2) is 17.6 Å². The highest BCUT2D eigenvalue weighted by atomic mass is 127. The summed E-state index contributed by atoms with van der Waals surface area (Å²) in [5, 5.41) is 0. The Balaban J connectivity index is 0.00000210. The minimum atomic E-state index is 0. The normalized spacial score (nSPS) is 10.6. The van der Waals surface area contributed by atoms with Gasteiger partial charge in [0.2, 0.25) is 12.1 Å². The molecule has 1 aromatic heterocycles. The monoisotopic (exact) mass is 532 g/mol. The molecule has 0 unspecified atom stereocenters. The minimum Gasteiger partial charge on any atom is -1.00 e. The Morgan fingerprint density at radius 3 is 2.30 bits per heavy atom. The molecule has 5 heteroatoms. The lowest BCUT2D eigenvalue weighted by molar-refractivity contribution is -0.663. The van der Waals surface area contributed by atoms with E-state index in [4.69, 9.17) is 0 Å². The number of rotatable bonds is 5. The van der Waals surface area contributed by atoms with Crippen LogP contribution in [0.5, 0.6) is 0 Å². The first-order chi connectivity index (χ1) is 12.7. The molecule has 0 saturated carbocycles. The Bertz CT molecular complexity index is 1060. The molecule has 3 nitrogen and oxygen atoms in total. The van der Waals surface area contributed by atoms with Gasteiger partial charge in [0, 0.05) is 9.13 Å². The van der Waals surface area contributed by atoms with Crippen molar-refractivity contribution in [2.75, 3.05) is 0 Å². The molecule has 0 aliphatic carbocycles. The number of halogens is 2. The van der Waals surface area contributed by atoms with Crippen molar-refractivity contribution in [3.63, 3.8) is 0 Å². The van der Waals surface area contributed by atoms with Crippen molar-refractivity contribution >= 4 is 39.4 Å². The molecule has 4 rings (SSSR count). The molecular formula is C22H18BrIN2O. The largest absolute Gasteiger partial charge is 1.00 e. The summed E-state index contributed by atoms with van der Waals surface area (Å²) >= 11 is 2.25. The third kappa shape index (κ3) is 4.47. The third-order valence-electron chi connectivity index (χ3n) is 4.46. The first-order valence-corrected chi connectivity index (χ1v) is 9.58. The molecule has 136 valence electrons. The van der Waals surface area contributed by atoms with Gasteiger partial charge in [-0.25, -0.2) is 9.13 Å². The molecule has 0 fully saturated rings.